The molecule has 0 aliphatic heterocycles. The first-order valence-electron chi connectivity index (χ1n) is 9.29. The lowest BCUT2D eigenvalue weighted by atomic mass is 9.90. The highest BCUT2D eigenvalue weighted by Gasteiger charge is 2.32. The van der Waals surface area contributed by atoms with Crippen LogP contribution in [0.25, 0.3) is 16.6 Å². The zero-order chi connectivity index (χ0) is 21.3. The minimum absolute atomic E-state index is 0.431. The lowest BCUT2D eigenvalue weighted by Crippen LogP contribution is -2.17. The Morgan fingerprint density at radius 2 is 1.60 bits per heavy atom. The minimum atomic E-state index is -4.46. The van der Waals surface area contributed by atoms with Gasteiger partial charge in [-0.25, -0.2) is 0 Å². The van der Waals surface area contributed by atoms with Crippen LogP contribution in [0.15, 0.2) is 85.1 Å². The molecule has 0 bridgehead atoms. The molecule has 1 atom stereocenters. The molecule has 2 aromatic carbocycles. The van der Waals surface area contributed by atoms with Crippen LogP contribution in [0.2, 0.25) is 0 Å². The Labute approximate surface area is 170 Å². The number of aromatic nitrogens is 1. The first-order valence-corrected chi connectivity index (χ1v) is 9.29. The maximum absolute atomic E-state index is 13.0. The van der Waals surface area contributed by atoms with E-state index in [2.05, 4.69) is 0 Å². The molecule has 0 fully saturated rings. The highest BCUT2D eigenvalue weighted by Crippen LogP contribution is 2.37. The summed E-state index contributed by atoms with van der Waals surface area (Å²) in [5, 5.41) is 11.5. The number of hydrogen-bond acceptors (Lipinski definition) is 2. The number of pyridine rings is 1. The third-order valence-electron chi connectivity index (χ3n) is 5.11. The largest absolute Gasteiger partial charge is 0.416 e. The van der Waals surface area contributed by atoms with E-state index < -0.39 is 29.1 Å². The highest BCUT2D eigenvalue weighted by molar-refractivity contribution is 5.75. The summed E-state index contributed by atoms with van der Waals surface area (Å²) in [6, 6.07) is 21.6. The van der Waals surface area contributed by atoms with Crippen LogP contribution in [0.3, 0.4) is 0 Å². The summed E-state index contributed by atoms with van der Waals surface area (Å²) in [6.07, 6.45) is -2.65. The van der Waals surface area contributed by atoms with Gasteiger partial charge in [0.05, 0.1) is 11.5 Å². The SMILES string of the molecule is O=[N+]([O-])CC(c1ccc(C(F)(F)F)cc1)c1c(-c2ccccc2)cc2ccccn12. The van der Waals surface area contributed by atoms with Crippen LogP contribution in [0, 0.1) is 10.1 Å². The van der Waals surface area contributed by atoms with Crippen molar-refractivity contribution >= 4 is 5.52 Å². The molecular weight excluding hydrogens is 393 g/mol. The molecule has 0 spiro atoms. The van der Waals surface area contributed by atoms with Gasteiger partial charge < -0.3 is 4.40 Å². The molecule has 30 heavy (non-hydrogen) atoms. The Morgan fingerprint density at radius 3 is 2.23 bits per heavy atom. The van der Waals surface area contributed by atoms with Gasteiger partial charge in [-0.3, -0.25) is 10.1 Å². The third-order valence-corrected chi connectivity index (χ3v) is 5.11. The van der Waals surface area contributed by atoms with E-state index in [0.717, 1.165) is 28.8 Å². The smallest absolute Gasteiger partial charge is 0.319 e. The molecule has 0 N–H and O–H groups in total. The molecule has 0 aliphatic rings. The Balaban J connectivity index is 1.92. The second-order valence-corrected chi connectivity index (χ2v) is 6.99. The summed E-state index contributed by atoms with van der Waals surface area (Å²) in [6.45, 7) is -0.438. The normalized spacial score (nSPS) is 12.8. The van der Waals surface area contributed by atoms with Gasteiger partial charge in [0.2, 0.25) is 6.54 Å². The van der Waals surface area contributed by atoms with Crippen LogP contribution >= 0.6 is 0 Å². The van der Waals surface area contributed by atoms with E-state index in [4.69, 9.17) is 0 Å². The van der Waals surface area contributed by atoms with E-state index in [0.29, 0.717) is 11.3 Å². The van der Waals surface area contributed by atoms with Gasteiger partial charge >= 0.3 is 6.18 Å². The van der Waals surface area contributed by atoms with Crippen molar-refractivity contribution < 1.29 is 18.1 Å². The Kier molecular flexibility index (Phi) is 5.03. The van der Waals surface area contributed by atoms with Crippen LogP contribution in [-0.2, 0) is 6.18 Å². The molecule has 2 heterocycles. The summed E-state index contributed by atoms with van der Waals surface area (Å²) < 4.78 is 40.8. The van der Waals surface area contributed by atoms with Gasteiger partial charge in [0.25, 0.3) is 0 Å². The number of benzene rings is 2. The van der Waals surface area contributed by atoms with Crippen LogP contribution in [0.5, 0.6) is 0 Å². The lowest BCUT2D eigenvalue weighted by molar-refractivity contribution is -0.481. The van der Waals surface area contributed by atoms with Crippen molar-refractivity contribution in [2.45, 2.75) is 12.1 Å². The molecule has 0 amide bonds. The average molecular weight is 410 g/mol. The zero-order valence-corrected chi connectivity index (χ0v) is 15.7. The quantitative estimate of drug-likeness (QED) is 0.298. The first kappa shape index (κ1) is 19.7. The van der Waals surface area contributed by atoms with Crippen molar-refractivity contribution in [1.29, 1.82) is 0 Å². The number of fused-ring (bicyclic) bond motifs is 1. The Bertz CT molecular complexity index is 1180. The van der Waals surface area contributed by atoms with Crippen LogP contribution in [-0.4, -0.2) is 15.9 Å². The Hall–Kier alpha value is -3.61. The topological polar surface area (TPSA) is 47.5 Å². The summed E-state index contributed by atoms with van der Waals surface area (Å²) in [4.78, 5) is 11.1. The first-order chi connectivity index (χ1) is 14.3. The summed E-state index contributed by atoms with van der Waals surface area (Å²) >= 11 is 0. The second kappa shape index (κ2) is 7.67. The van der Waals surface area contributed by atoms with Crippen LogP contribution < -0.4 is 0 Å². The molecule has 0 aliphatic carbocycles. The van der Waals surface area contributed by atoms with Gasteiger partial charge in [-0.1, -0.05) is 48.5 Å². The molecule has 2 aromatic heterocycles. The number of nitrogens with zero attached hydrogens (tertiary/aromatic N) is 2. The standard InChI is InChI=1S/C23H17F3N2O2/c24-23(25,26)18-11-9-17(10-12-18)21(15-28(29)30)22-20(16-6-2-1-3-7-16)14-19-8-4-5-13-27(19)22/h1-14,21H,15H2. The second-order valence-electron chi connectivity index (χ2n) is 6.99. The minimum Gasteiger partial charge on any atom is -0.319 e. The van der Waals surface area contributed by atoms with Gasteiger partial charge in [-0.05, 0) is 41.5 Å². The van der Waals surface area contributed by atoms with E-state index in [1.165, 1.54) is 12.1 Å². The van der Waals surface area contributed by atoms with Gasteiger partial charge in [0.15, 0.2) is 0 Å². The molecule has 0 saturated carbocycles. The van der Waals surface area contributed by atoms with Crippen molar-refractivity contribution in [2.24, 2.45) is 0 Å². The lowest BCUT2D eigenvalue weighted by Gasteiger charge is -2.18. The third kappa shape index (κ3) is 3.78. The highest BCUT2D eigenvalue weighted by atomic mass is 19.4. The van der Waals surface area contributed by atoms with Crippen molar-refractivity contribution in [3.8, 4) is 11.1 Å². The molecule has 0 radical (unpaired) electrons. The van der Waals surface area contributed by atoms with E-state index >= 15 is 0 Å². The number of hydrogen-bond donors (Lipinski definition) is 0. The maximum Gasteiger partial charge on any atom is 0.416 e. The van der Waals surface area contributed by atoms with Gasteiger partial charge in [-0.2, -0.15) is 13.2 Å². The van der Waals surface area contributed by atoms with Crippen molar-refractivity contribution in [1.82, 2.24) is 4.40 Å². The van der Waals surface area contributed by atoms with Crippen molar-refractivity contribution in [3.05, 3.63) is 112 Å². The van der Waals surface area contributed by atoms with E-state index in [-0.39, 0.29) is 0 Å². The van der Waals surface area contributed by atoms with Gasteiger partial charge in [0, 0.05) is 27.9 Å². The predicted molar refractivity (Wildman–Crippen MR) is 108 cm³/mol. The maximum atomic E-state index is 13.0. The van der Waals surface area contributed by atoms with Gasteiger partial charge in [-0.15, -0.1) is 0 Å². The van der Waals surface area contributed by atoms with E-state index in [9.17, 15) is 23.3 Å². The molecule has 1 unspecified atom stereocenters. The molecule has 152 valence electrons. The summed E-state index contributed by atoms with van der Waals surface area (Å²) in [5.74, 6) is -0.720. The van der Waals surface area contributed by atoms with E-state index in [1.807, 2.05) is 65.2 Å². The van der Waals surface area contributed by atoms with E-state index in [1.54, 1.807) is 0 Å². The molecular formula is C23H17F3N2O2. The number of rotatable bonds is 5. The molecule has 4 aromatic rings. The average Bonchev–Trinajstić information content (AvgIpc) is 3.11. The zero-order valence-electron chi connectivity index (χ0n) is 15.7. The number of nitro groups is 1. The fourth-order valence-electron chi connectivity index (χ4n) is 3.75. The summed E-state index contributed by atoms with van der Waals surface area (Å²) in [5.41, 5.74) is 2.90. The monoisotopic (exact) mass is 410 g/mol. The van der Waals surface area contributed by atoms with Crippen molar-refractivity contribution in [3.63, 3.8) is 0 Å². The molecule has 4 rings (SSSR count). The number of alkyl halides is 3. The molecule has 7 heteroatoms. The van der Waals surface area contributed by atoms with Gasteiger partial charge in [0.1, 0.15) is 0 Å². The fraction of sp³-hybridized carbons (Fsp3) is 0.130. The fourth-order valence-corrected chi connectivity index (χ4v) is 3.75. The summed E-state index contributed by atoms with van der Waals surface area (Å²) in [7, 11) is 0. The van der Waals surface area contributed by atoms with Crippen LogP contribution in [0.1, 0.15) is 22.7 Å². The molecule has 0 saturated heterocycles. The predicted octanol–water partition coefficient (Wildman–Crippen LogP) is 6.03. The number of halogens is 3. The van der Waals surface area contributed by atoms with Crippen LogP contribution in [0.4, 0.5) is 13.2 Å². The molecule has 4 nitrogen and oxygen atoms in total. The Morgan fingerprint density at radius 1 is 0.933 bits per heavy atom. The van der Waals surface area contributed by atoms with Crippen molar-refractivity contribution in [2.75, 3.05) is 6.54 Å².